The molecule has 5 rings (SSSR count). The van der Waals surface area contributed by atoms with Crippen molar-refractivity contribution in [2.45, 2.75) is 25.6 Å². The molecule has 1 aromatic carbocycles. The van der Waals surface area contributed by atoms with Crippen molar-refractivity contribution in [3.63, 3.8) is 0 Å². The molecular formula is C25H22F3N5O. The zero-order valence-corrected chi connectivity index (χ0v) is 18.2. The van der Waals surface area contributed by atoms with E-state index in [0.717, 1.165) is 49.4 Å². The summed E-state index contributed by atoms with van der Waals surface area (Å²) in [6.07, 6.45) is 2.51. The van der Waals surface area contributed by atoms with Crippen LogP contribution >= 0.6 is 0 Å². The first-order valence-corrected chi connectivity index (χ1v) is 11.0. The molecule has 9 heteroatoms. The van der Waals surface area contributed by atoms with Gasteiger partial charge in [0.05, 0.1) is 5.56 Å². The predicted octanol–water partition coefficient (Wildman–Crippen LogP) is 4.86. The summed E-state index contributed by atoms with van der Waals surface area (Å²) in [5, 5.41) is 0.299. The molecule has 0 radical (unpaired) electrons. The van der Waals surface area contributed by atoms with Gasteiger partial charge in [0.25, 0.3) is 5.91 Å². The fourth-order valence-electron chi connectivity index (χ4n) is 4.58. The lowest BCUT2D eigenvalue weighted by molar-refractivity contribution is -0.137. The standard InChI is InChI=1S/C25H22F3N5O/c26-25(27,28)18-4-5-20-19(13-18)22(17-3-6-21(31-14-17)32-11-1-2-12-32)23(24(29)34)33(20)15-16-7-9-30-10-8-16/h3-10,13-14H,1-2,11-12,15H2,(H2,29,34). The summed E-state index contributed by atoms with van der Waals surface area (Å²) in [6.45, 7) is 2.08. The van der Waals surface area contributed by atoms with Gasteiger partial charge in [0.2, 0.25) is 0 Å². The van der Waals surface area contributed by atoms with Crippen LogP contribution in [-0.4, -0.2) is 33.5 Å². The van der Waals surface area contributed by atoms with Gasteiger partial charge in [-0.3, -0.25) is 9.78 Å². The van der Waals surface area contributed by atoms with Crippen molar-refractivity contribution in [2.24, 2.45) is 5.73 Å². The molecule has 1 aliphatic heterocycles. The van der Waals surface area contributed by atoms with Gasteiger partial charge in [-0.25, -0.2) is 4.98 Å². The molecule has 174 valence electrons. The minimum absolute atomic E-state index is 0.141. The fourth-order valence-corrected chi connectivity index (χ4v) is 4.58. The van der Waals surface area contributed by atoms with E-state index >= 15 is 0 Å². The second kappa shape index (κ2) is 8.48. The van der Waals surface area contributed by atoms with Gasteiger partial charge in [-0.15, -0.1) is 0 Å². The van der Waals surface area contributed by atoms with E-state index < -0.39 is 17.6 Å². The number of benzene rings is 1. The van der Waals surface area contributed by atoms with Gasteiger partial charge in [-0.2, -0.15) is 13.2 Å². The zero-order valence-electron chi connectivity index (χ0n) is 18.2. The number of hydrogen-bond donors (Lipinski definition) is 1. The van der Waals surface area contributed by atoms with Gasteiger partial charge in [0, 0.05) is 60.3 Å². The third kappa shape index (κ3) is 3.98. The molecule has 0 atom stereocenters. The summed E-state index contributed by atoms with van der Waals surface area (Å²) < 4.78 is 42.4. The van der Waals surface area contributed by atoms with Crippen molar-refractivity contribution in [3.8, 4) is 11.1 Å². The quantitative estimate of drug-likeness (QED) is 0.457. The number of pyridine rings is 2. The number of carbonyl (C=O) groups is 1. The van der Waals surface area contributed by atoms with Crippen molar-refractivity contribution in [1.29, 1.82) is 0 Å². The number of aromatic nitrogens is 3. The Morgan fingerprint density at radius 2 is 1.76 bits per heavy atom. The number of primary amides is 1. The first-order chi connectivity index (χ1) is 16.3. The first kappa shape index (κ1) is 21.9. The smallest absolute Gasteiger partial charge is 0.364 e. The van der Waals surface area contributed by atoms with Gasteiger partial charge >= 0.3 is 6.18 Å². The first-order valence-electron chi connectivity index (χ1n) is 11.0. The second-order valence-electron chi connectivity index (χ2n) is 8.36. The van der Waals surface area contributed by atoms with Gasteiger partial charge in [-0.05, 0) is 60.9 Å². The Bertz CT molecular complexity index is 1340. The third-order valence-electron chi connectivity index (χ3n) is 6.18. The van der Waals surface area contributed by atoms with Crippen LogP contribution < -0.4 is 10.6 Å². The van der Waals surface area contributed by atoms with Gasteiger partial charge < -0.3 is 15.2 Å². The lowest BCUT2D eigenvalue weighted by Gasteiger charge is -2.16. The zero-order chi connectivity index (χ0) is 23.9. The number of carbonyl (C=O) groups excluding carboxylic acids is 1. The maximum absolute atomic E-state index is 13.6. The van der Waals surface area contributed by atoms with Gasteiger partial charge in [0.1, 0.15) is 11.5 Å². The van der Waals surface area contributed by atoms with Crippen molar-refractivity contribution in [2.75, 3.05) is 18.0 Å². The van der Waals surface area contributed by atoms with E-state index in [0.29, 0.717) is 22.0 Å². The SMILES string of the molecule is NC(=O)c1c(-c2ccc(N3CCCC3)nc2)c2cc(C(F)(F)F)ccc2n1Cc1ccncc1. The molecule has 1 saturated heterocycles. The summed E-state index contributed by atoms with van der Waals surface area (Å²) >= 11 is 0. The molecule has 2 N–H and O–H groups in total. The number of alkyl halides is 3. The molecule has 0 aliphatic carbocycles. The number of anilines is 1. The summed E-state index contributed by atoms with van der Waals surface area (Å²) in [5.74, 6) is 0.0795. The maximum Gasteiger partial charge on any atom is 0.416 e. The van der Waals surface area contributed by atoms with E-state index in [1.807, 2.05) is 6.07 Å². The molecule has 34 heavy (non-hydrogen) atoms. The highest BCUT2D eigenvalue weighted by Gasteiger charge is 2.32. The lowest BCUT2D eigenvalue weighted by atomic mass is 10.0. The number of nitrogens with two attached hydrogens (primary N) is 1. The summed E-state index contributed by atoms with van der Waals surface area (Å²) in [5.41, 5.74) is 7.36. The van der Waals surface area contributed by atoms with Crippen LogP contribution in [0.1, 0.15) is 34.5 Å². The Balaban J connectivity index is 1.72. The van der Waals surface area contributed by atoms with E-state index in [9.17, 15) is 18.0 Å². The molecule has 0 bridgehead atoms. The Morgan fingerprint density at radius 1 is 1.03 bits per heavy atom. The highest BCUT2D eigenvalue weighted by atomic mass is 19.4. The molecule has 0 saturated carbocycles. The molecule has 1 fully saturated rings. The summed E-state index contributed by atoms with van der Waals surface area (Å²) in [4.78, 5) is 23.4. The van der Waals surface area contributed by atoms with Crippen LogP contribution in [0.4, 0.5) is 19.0 Å². The summed E-state index contributed by atoms with van der Waals surface area (Å²) in [7, 11) is 0. The molecule has 6 nitrogen and oxygen atoms in total. The number of nitrogens with zero attached hydrogens (tertiary/aromatic N) is 4. The maximum atomic E-state index is 13.6. The van der Waals surface area contributed by atoms with E-state index in [-0.39, 0.29) is 12.2 Å². The predicted molar refractivity (Wildman–Crippen MR) is 123 cm³/mol. The van der Waals surface area contributed by atoms with Gasteiger partial charge in [0.15, 0.2) is 0 Å². The van der Waals surface area contributed by atoms with E-state index in [1.54, 1.807) is 41.4 Å². The van der Waals surface area contributed by atoms with E-state index in [4.69, 9.17) is 5.73 Å². The Labute approximate surface area is 193 Å². The number of hydrogen-bond acceptors (Lipinski definition) is 4. The minimum atomic E-state index is -4.52. The van der Waals surface area contributed by atoms with Crippen LogP contribution in [0.5, 0.6) is 0 Å². The topological polar surface area (TPSA) is 77.0 Å². The summed E-state index contributed by atoms with van der Waals surface area (Å²) in [6, 6.07) is 10.7. The molecule has 0 spiro atoms. The van der Waals surface area contributed by atoms with Crippen molar-refractivity contribution < 1.29 is 18.0 Å². The van der Waals surface area contributed by atoms with Crippen LogP contribution in [0.25, 0.3) is 22.0 Å². The molecule has 0 unspecified atom stereocenters. The minimum Gasteiger partial charge on any atom is -0.364 e. The number of fused-ring (bicyclic) bond motifs is 1. The Morgan fingerprint density at radius 3 is 2.38 bits per heavy atom. The highest BCUT2D eigenvalue weighted by Crippen LogP contribution is 2.39. The Hall–Kier alpha value is -3.88. The van der Waals surface area contributed by atoms with Crippen LogP contribution in [-0.2, 0) is 12.7 Å². The van der Waals surface area contributed by atoms with Crippen LogP contribution in [0.2, 0.25) is 0 Å². The fraction of sp³-hybridized carbons (Fsp3) is 0.240. The van der Waals surface area contributed by atoms with Crippen LogP contribution in [0, 0.1) is 0 Å². The number of halogens is 3. The van der Waals surface area contributed by atoms with Crippen LogP contribution in [0.15, 0.2) is 61.1 Å². The largest absolute Gasteiger partial charge is 0.416 e. The molecule has 1 amide bonds. The molecule has 4 heterocycles. The second-order valence-corrected chi connectivity index (χ2v) is 8.36. The number of rotatable bonds is 5. The average Bonchev–Trinajstić information content (AvgIpc) is 3.46. The molecule has 4 aromatic rings. The van der Waals surface area contributed by atoms with E-state index in [1.165, 1.54) is 6.07 Å². The lowest BCUT2D eigenvalue weighted by Crippen LogP contribution is -2.19. The van der Waals surface area contributed by atoms with Crippen molar-refractivity contribution >= 4 is 22.6 Å². The number of amides is 1. The van der Waals surface area contributed by atoms with Crippen molar-refractivity contribution in [1.82, 2.24) is 14.5 Å². The normalized spacial score (nSPS) is 14.1. The average molecular weight is 465 g/mol. The highest BCUT2D eigenvalue weighted by molar-refractivity contribution is 6.10. The molecule has 1 aliphatic rings. The van der Waals surface area contributed by atoms with E-state index in [2.05, 4.69) is 14.9 Å². The Kier molecular flexibility index (Phi) is 5.47. The molecule has 3 aromatic heterocycles. The van der Waals surface area contributed by atoms with Crippen molar-refractivity contribution in [3.05, 3.63) is 77.9 Å². The molecular weight excluding hydrogens is 443 g/mol. The van der Waals surface area contributed by atoms with Gasteiger partial charge in [-0.1, -0.05) is 0 Å². The van der Waals surface area contributed by atoms with Crippen LogP contribution in [0.3, 0.4) is 0 Å². The third-order valence-corrected chi connectivity index (χ3v) is 6.18. The monoisotopic (exact) mass is 465 g/mol.